The van der Waals surface area contributed by atoms with E-state index in [4.69, 9.17) is 4.74 Å². The molecule has 0 radical (unpaired) electrons. The number of nitrogens with zero attached hydrogens (tertiary/aromatic N) is 2. The number of imide groups is 1. The lowest BCUT2D eigenvalue weighted by molar-refractivity contribution is -0.139. The van der Waals surface area contributed by atoms with E-state index in [1.807, 2.05) is 19.1 Å². The first-order valence-electron chi connectivity index (χ1n) is 10.4. The number of hydrogen-bond donors (Lipinski definition) is 1. The Hall–Kier alpha value is -2.57. The van der Waals surface area contributed by atoms with Crippen molar-refractivity contribution < 1.29 is 19.1 Å². The molecule has 1 saturated heterocycles. The number of hydrogen-bond acceptors (Lipinski definition) is 4. The minimum atomic E-state index is -0.806. The topological polar surface area (TPSA) is 79.0 Å². The van der Waals surface area contributed by atoms with Crippen molar-refractivity contribution in [1.29, 1.82) is 0 Å². The molecule has 29 heavy (non-hydrogen) atoms. The maximum atomic E-state index is 12.9. The van der Waals surface area contributed by atoms with Crippen molar-refractivity contribution in [3.8, 4) is 5.75 Å². The molecule has 1 aromatic rings. The Morgan fingerprint density at radius 2 is 2.00 bits per heavy atom. The fraction of sp³-hybridized carbons (Fsp3) is 0.591. The van der Waals surface area contributed by atoms with Gasteiger partial charge in [-0.15, -0.1) is 0 Å². The lowest BCUT2D eigenvalue weighted by Crippen LogP contribution is -2.50. The van der Waals surface area contributed by atoms with Gasteiger partial charge in [-0.25, -0.2) is 4.79 Å². The summed E-state index contributed by atoms with van der Waals surface area (Å²) in [6.07, 6.45) is 4.16. The predicted octanol–water partition coefficient (Wildman–Crippen LogP) is 2.47. The zero-order chi connectivity index (χ0) is 20.8. The number of ether oxygens (including phenoxy) is 1. The van der Waals surface area contributed by atoms with Gasteiger partial charge in [-0.05, 0) is 55.7 Å². The van der Waals surface area contributed by atoms with Gasteiger partial charge in [0, 0.05) is 20.0 Å². The molecular weight excluding hydrogens is 370 g/mol. The van der Waals surface area contributed by atoms with Crippen LogP contribution in [0.25, 0.3) is 0 Å². The molecule has 1 saturated carbocycles. The number of benzene rings is 1. The van der Waals surface area contributed by atoms with E-state index in [9.17, 15) is 14.4 Å². The summed E-state index contributed by atoms with van der Waals surface area (Å²) >= 11 is 0. The fourth-order valence-corrected chi connectivity index (χ4v) is 4.61. The predicted molar refractivity (Wildman–Crippen MR) is 107 cm³/mol. The molecule has 1 aromatic carbocycles. The molecule has 4 amide bonds. The number of amides is 4. The highest BCUT2D eigenvalue weighted by Crippen LogP contribution is 2.36. The van der Waals surface area contributed by atoms with Crippen molar-refractivity contribution in [2.75, 3.05) is 13.6 Å². The summed E-state index contributed by atoms with van der Waals surface area (Å²) in [4.78, 5) is 40.7. The Morgan fingerprint density at radius 1 is 1.28 bits per heavy atom. The second kappa shape index (κ2) is 7.35. The van der Waals surface area contributed by atoms with Crippen molar-refractivity contribution in [1.82, 2.24) is 15.1 Å². The average molecular weight is 399 g/mol. The van der Waals surface area contributed by atoms with Crippen LogP contribution < -0.4 is 10.1 Å². The van der Waals surface area contributed by atoms with Gasteiger partial charge in [-0.2, -0.15) is 0 Å². The van der Waals surface area contributed by atoms with E-state index in [0.29, 0.717) is 25.3 Å². The van der Waals surface area contributed by atoms with Gasteiger partial charge in [-0.3, -0.25) is 14.5 Å². The van der Waals surface area contributed by atoms with Gasteiger partial charge in [0.2, 0.25) is 5.91 Å². The van der Waals surface area contributed by atoms with Crippen LogP contribution in [0, 0.1) is 5.92 Å². The third-order valence-corrected chi connectivity index (χ3v) is 6.47. The highest BCUT2D eigenvalue weighted by molar-refractivity contribution is 6.09. The molecule has 0 aromatic heterocycles. The average Bonchev–Trinajstić information content (AvgIpc) is 3.15. The molecule has 1 atom stereocenters. The third kappa shape index (κ3) is 3.70. The lowest BCUT2D eigenvalue weighted by Gasteiger charge is -2.33. The molecule has 2 aliphatic heterocycles. The van der Waals surface area contributed by atoms with Crippen LogP contribution in [0.2, 0.25) is 0 Å². The number of nitrogens with one attached hydrogen (secondary N) is 1. The SMILES string of the molecule is CC1CCC2(CC1)NC(=O)N(CC(=O)N(C)Cc1ccc3c(c1)C[C@@H](C)O3)C2=O. The van der Waals surface area contributed by atoms with Crippen molar-refractivity contribution in [2.24, 2.45) is 5.92 Å². The quantitative estimate of drug-likeness (QED) is 0.789. The van der Waals surface area contributed by atoms with E-state index in [0.717, 1.165) is 41.0 Å². The summed E-state index contributed by atoms with van der Waals surface area (Å²) in [6, 6.07) is 5.51. The number of rotatable bonds is 4. The van der Waals surface area contributed by atoms with Crippen LogP contribution >= 0.6 is 0 Å². The molecular formula is C22H29N3O4. The third-order valence-electron chi connectivity index (χ3n) is 6.47. The van der Waals surface area contributed by atoms with E-state index in [-0.39, 0.29) is 24.5 Å². The lowest BCUT2D eigenvalue weighted by atomic mass is 9.77. The number of carbonyl (C=O) groups is 3. The van der Waals surface area contributed by atoms with Gasteiger partial charge < -0.3 is 15.0 Å². The van der Waals surface area contributed by atoms with E-state index >= 15 is 0 Å². The summed E-state index contributed by atoms with van der Waals surface area (Å²) in [7, 11) is 1.70. The summed E-state index contributed by atoms with van der Waals surface area (Å²) < 4.78 is 5.72. The zero-order valence-corrected chi connectivity index (χ0v) is 17.4. The smallest absolute Gasteiger partial charge is 0.325 e. The molecule has 2 fully saturated rings. The van der Waals surface area contributed by atoms with Crippen molar-refractivity contribution in [3.05, 3.63) is 29.3 Å². The Kier molecular flexibility index (Phi) is 5.00. The van der Waals surface area contributed by atoms with Gasteiger partial charge in [0.25, 0.3) is 5.91 Å². The van der Waals surface area contributed by atoms with Crippen molar-refractivity contribution >= 4 is 17.8 Å². The molecule has 7 nitrogen and oxygen atoms in total. The summed E-state index contributed by atoms with van der Waals surface area (Å²) in [5.41, 5.74) is 1.35. The first-order chi connectivity index (χ1) is 13.8. The van der Waals surface area contributed by atoms with Crippen LogP contribution in [0.1, 0.15) is 50.7 Å². The molecule has 156 valence electrons. The molecule has 3 aliphatic rings. The van der Waals surface area contributed by atoms with Gasteiger partial charge in [0.15, 0.2) is 0 Å². The maximum Gasteiger partial charge on any atom is 0.325 e. The molecule has 0 bridgehead atoms. The fourth-order valence-electron chi connectivity index (χ4n) is 4.61. The van der Waals surface area contributed by atoms with E-state index < -0.39 is 11.6 Å². The molecule has 2 heterocycles. The number of carbonyl (C=O) groups excluding carboxylic acids is 3. The van der Waals surface area contributed by atoms with Gasteiger partial charge in [-0.1, -0.05) is 19.1 Å². The first-order valence-corrected chi connectivity index (χ1v) is 10.4. The minimum absolute atomic E-state index is 0.175. The first kappa shape index (κ1) is 19.7. The van der Waals surface area contributed by atoms with Crippen LogP contribution in [0.15, 0.2) is 18.2 Å². The molecule has 1 spiro atoms. The van der Waals surface area contributed by atoms with Crippen LogP contribution in [0.5, 0.6) is 5.75 Å². The summed E-state index contributed by atoms with van der Waals surface area (Å²) in [6.45, 7) is 4.40. The Balaban J connectivity index is 1.38. The van der Waals surface area contributed by atoms with Gasteiger partial charge in [0.05, 0.1) is 0 Å². The maximum absolute atomic E-state index is 12.9. The number of likely N-dealkylation sites (N-methyl/N-ethyl adjacent to an activating group) is 1. The molecule has 0 unspecified atom stereocenters. The molecule has 1 N–H and O–H groups in total. The highest BCUT2D eigenvalue weighted by Gasteiger charge is 2.52. The zero-order valence-electron chi connectivity index (χ0n) is 17.4. The second-order valence-electron chi connectivity index (χ2n) is 8.91. The Bertz CT molecular complexity index is 844. The summed E-state index contributed by atoms with van der Waals surface area (Å²) in [5, 5.41) is 2.87. The van der Waals surface area contributed by atoms with Crippen LogP contribution in [-0.2, 0) is 22.6 Å². The van der Waals surface area contributed by atoms with Crippen molar-refractivity contribution in [3.63, 3.8) is 0 Å². The monoisotopic (exact) mass is 399 g/mol. The van der Waals surface area contributed by atoms with E-state index in [1.165, 1.54) is 0 Å². The van der Waals surface area contributed by atoms with Crippen LogP contribution in [-0.4, -0.2) is 52.9 Å². The standard InChI is InChI=1S/C22H29N3O4/c1-14-6-8-22(9-7-14)20(27)25(21(28)23-22)13-19(26)24(3)12-16-4-5-18-17(11-16)10-15(2)29-18/h4-5,11,14-15H,6-10,12-13H2,1-3H3,(H,23,28)/t14?,15-,22?/m1/s1. The molecule has 1 aliphatic carbocycles. The number of fused-ring (bicyclic) bond motifs is 1. The van der Waals surface area contributed by atoms with Gasteiger partial charge in [0.1, 0.15) is 23.9 Å². The highest BCUT2D eigenvalue weighted by atomic mass is 16.5. The molecule has 4 rings (SSSR count). The van der Waals surface area contributed by atoms with Crippen LogP contribution in [0.4, 0.5) is 4.79 Å². The largest absolute Gasteiger partial charge is 0.490 e. The van der Waals surface area contributed by atoms with Crippen molar-refractivity contribution in [2.45, 2.75) is 64.1 Å². The Morgan fingerprint density at radius 3 is 2.72 bits per heavy atom. The normalized spacial score (nSPS) is 28.3. The van der Waals surface area contributed by atoms with E-state index in [2.05, 4.69) is 18.3 Å². The van der Waals surface area contributed by atoms with Gasteiger partial charge >= 0.3 is 6.03 Å². The molecule has 7 heteroatoms. The minimum Gasteiger partial charge on any atom is -0.490 e. The summed E-state index contributed by atoms with van der Waals surface area (Å²) in [5.74, 6) is 0.967. The number of urea groups is 1. The second-order valence-corrected chi connectivity index (χ2v) is 8.91. The van der Waals surface area contributed by atoms with Crippen LogP contribution in [0.3, 0.4) is 0 Å². The van der Waals surface area contributed by atoms with E-state index in [1.54, 1.807) is 11.9 Å². The Labute approximate surface area is 171 Å².